The Bertz CT molecular complexity index is 1250. The van der Waals surface area contributed by atoms with Crippen molar-refractivity contribution in [2.75, 3.05) is 18.4 Å². The summed E-state index contributed by atoms with van der Waals surface area (Å²) < 4.78 is 66.6. The summed E-state index contributed by atoms with van der Waals surface area (Å²) in [6.45, 7) is -0.0878. The van der Waals surface area contributed by atoms with E-state index in [1.165, 1.54) is 6.07 Å². The topological polar surface area (TPSA) is 79.4 Å². The highest BCUT2D eigenvalue weighted by Crippen LogP contribution is 2.36. The number of pyridine rings is 1. The van der Waals surface area contributed by atoms with Crippen LogP contribution < -0.4 is 5.32 Å². The summed E-state index contributed by atoms with van der Waals surface area (Å²) in [7, 11) is -4.34. The molecule has 0 bridgehead atoms. The summed E-state index contributed by atoms with van der Waals surface area (Å²) in [5.74, 6) is -0.365. The third-order valence-corrected chi connectivity index (χ3v) is 7.44. The number of sulfonamides is 1. The Kier molecular flexibility index (Phi) is 5.91. The molecule has 168 valence electrons. The minimum Gasteiger partial charge on any atom is -0.310 e. The van der Waals surface area contributed by atoms with Crippen LogP contribution in [0.4, 0.5) is 19.0 Å². The van der Waals surface area contributed by atoms with Gasteiger partial charge in [0.05, 0.1) is 16.0 Å². The molecule has 1 amide bonds. The van der Waals surface area contributed by atoms with E-state index in [1.54, 1.807) is 6.07 Å². The normalized spacial score (nSPS) is 16.2. The lowest BCUT2D eigenvalue weighted by Crippen LogP contribution is -2.42. The van der Waals surface area contributed by atoms with E-state index in [2.05, 4.69) is 10.3 Å². The Balaban J connectivity index is 1.44. The molecule has 0 atom stereocenters. The molecule has 0 radical (unpaired) electrons. The average molecular weight is 463 g/mol. The molecule has 1 saturated heterocycles. The minimum atomic E-state index is -4.78. The first-order valence-corrected chi connectivity index (χ1v) is 11.4. The van der Waals surface area contributed by atoms with E-state index in [9.17, 15) is 26.4 Å². The molecular weight excluding hydrogens is 443 g/mol. The molecule has 32 heavy (non-hydrogen) atoms. The van der Waals surface area contributed by atoms with Gasteiger partial charge in [-0.25, -0.2) is 13.4 Å². The quantitative estimate of drug-likeness (QED) is 0.626. The first-order chi connectivity index (χ1) is 15.2. The van der Waals surface area contributed by atoms with E-state index in [-0.39, 0.29) is 31.8 Å². The minimum absolute atomic E-state index is 0.0439. The molecule has 2 aromatic carbocycles. The van der Waals surface area contributed by atoms with Crippen LogP contribution in [0.15, 0.2) is 65.6 Å². The molecule has 0 aliphatic carbocycles. The molecule has 1 fully saturated rings. The summed E-state index contributed by atoms with van der Waals surface area (Å²) in [4.78, 5) is 16.3. The van der Waals surface area contributed by atoms with Crippen LogP contribution in [0.25, 0.3) is 10.9 Å². The molecule has 0 spiro atoms. The Hall–Kier alpha value is -2.98. The zero-order valence-corrected chi connectivity index (χ0v) is 17.7. The van der Waals surface area contributed by atoms with Crippen LogP contribution in [-0.4, -0.2) is 36.7 Å². The van der Waals surface area contributed by atoms with Gasteiger partial charge < -0.3 is 5.32 Å². The van der Waals surface area contributed by atoms with E-state index >= 15 is 0 Å². The number of benzene rings is 2. The number of carbonyl (C=O) groups excluding carboxylic acids is 1. The summed E-state index contributed by atoms with van der Waals surface area (Å²) in [6.07, 6.45) is -4.38. The number of nitrogens with one attached hydrogen (secondary N) is 1. The van der Waals surface area contributed by atoms with Crippen molar-refractivity contribution in [1.82, 2.24) is 9.29 Å². The van der Waals surface area contributed by atoms with Gasteiger partial charge in [0.2, 0.25) is 15.9 Å². The lowest BCUT2D eigenvalue weighted by Gasteiger charge is -2.31. The van der Waals surface area contributed by atoms with Crippen molar-refractivity contribution in [3.05, 3.63) is 66.2 Å². The molecule has 10 heteroatoms. The number of halogens is 3. The summed E-state index contributed by atoms with van der Waals surface area (Å²) >= 11 is 0. The number of hydrogen-bond donors (Lipinski definition) is 1. The van der Waals surface area contributed by atoms with Crippen molar-refractivity contribution in [3.8, 4) is 0 Å². The highest BCUT2D eigenvalue weighted by atomic mass is 32.2. The van der Waals surface area contributed by atoms with Crippen LogP contribution in [0.2, 0.25) is 0 Å². The van der Waals surface area contributed by atoms with Gasteiger partial charge in [-0.2, -0.15) is 17.5 Å². The molecule has 1 aromatic heterocycles. The molecule has 1 N–H and O–H groups in total. The van der Waals surface area contributed by atoms with E-state index < -0.39 is 32.6 Å². The maximum atomic E-state index is 13.3. The smallest absolute Gasteiger partial charge is 0.310 e. The molecule has 1 aliphatic heterocycles. The first-order valence-electron chi connectivity index (χ1n) is 9.99. The van der Waals surface area contributed by atoms with Gasteiger partial charge in [0, 0.05) is 24.4 Å². The van der Waals surface area contributed by atoms with Crippen molar-refractivity contribution < 1.29 is 26.4 Å². The molecule has 3 aromatic rings. The SMILES string of the molecule is O=C(Nc1ccc2ccccc2n1)C1CCN(S(=O)(=O)c2ccccc2C(F)(F)F)CC1. The Morgan fingerprint density at radius 3 is 2.34 bits per heavy atom. The number of nitrogens with zero attached hydrogens (tertiary/aromatic N) is 2. The largest absolute Gasteiger partial charge is 0.417 e. The first kappa shape index (κ1) is 22.2. The lowest BCUT2D eigenvalue weighted by atomic mass is 9.97. The second kappa shape index (κ2) is 8.51. The number of alkyl halides is 3. The van der Waals surface area contributed by atoms with Crippen LogP contribution in [0.3, 0.4) is 0 Å². The predicted molar refractivity (Wildman–Crippen MR) is 113 cm³/mol. The molecule has 0 unspecified atom stereocenters. The fourth-order valence-electron chi connectivity index (χ4n) is 3.79. The number of anilines is 1. The molecule has 4 rings (SSSR count). The molecular formula is C22H20F3N3O3S. The van der Waals surface area contributed by atoms with Gasteiger partial charge in [-0.15, -0.1) is 0 Å². The van der Waals surface area contributed by atoms with E-state index in [4.69, 9.17) is 0 Å². The van der Waals surface area contributed by atoms with Crippen molar-refractivity contribution in [3.63, 3.8) is 0 Å². The number of carbonyl (C=O) groups is 1. The standard InChI is InChI=1S/C22H20F3N3O3S/c23-22(24,25)17-6-2-4-8-19(17)32(30,31)28-13-11-16(12-14-28)21(29)27-20-10-9-15-5-1-3-7-18(15)26-20/h1-10,16H,11-14H2,(H,26,27,29). The Morgan fingerprint density at radius 1 is 0.969 bits per heavy atom. The monoisotopic (exact) mass is 463 g/mol. The highest BCUT2D eigenvalue weighted by Gasteiger charge is 2.40. The maximum absolute atomic E-state index is 13.3. The fraction of sp³-hybridized carbons (Fsp3) is 0.273. The van der Waals surface area contributed by atoms with Gasteiger partial charge in [-0.1, -0.05) is 30.3 Å². The van der Waals surface area contributed by atoms with Crippen LogP contribution >= 0.6 is 0 Å². The van der Waals surface area contributed by atoms with Crippen LogP contribution in [0.5, 0.6) is 0 Å². The van der Waals surface area contributed by atoms with Crippen molar-refractivity contribution in [1.29, 1.82) is 0 Å². The summed E-state index contributed by atoms with van der Waals surface area (Å²) in [5, 5.41) is 3.68. The third-order valence-electron chi connectivity index (χ3n) is 5.48. The lowest BCUT2D eigenvalue weighted by molar-refractivity contribution is -0.139. The second-order valence-corrected chi connectivity index (χ2v) is 9.46. The predicted octanol–water partition coefficient (Wildman–Crippen LogP) is 4.29. The number of aromatic nitrogens is 1. The number of amides is 1. The number of piperidine rings is 1. The Morgan fingerprint density at radius 2 is 1.62 bits per heavy atom. The van der Waals surface area contributed by atoms with Crippen LogP contribution in [0, 0.1) is 5.92 Å². The summed E-state index contributed by atoms with van der Waals surface area (Å²) in [6, 6.07) is 15.1. The van der Waals surface area contributed by atoms with Gasteiger partial charge in [0.1, 0.15) is 5.82 Å². The second-order valence-electron chi connectivity index (χ2n) is 7.55. The van der Waals surface area contributed by atoms with Gasteiger partial charge in [0.25, 0.3) is 0 Å². The summed E-state index contributed by atoms with van der Waals surface area (Å²) in [5.41, 5.74) is -0.461. The average Bonchev–Trinajstić information content (AvgIpc) is 2.78. The van der Waals surface area contributed by atoms with Crippen LogP contribution in [0.1, 0.15) is 18.4 Å². The fourth-order valence-corrected chi connectivity index (χ4v) is 5.47. The number of hydrogen-bond acceptors (Lipinski definition) is 4. The van der Waals surface area contributed by atoms with Gasteiger partial charge in [-0.05, 0) is 43.2 Å². The van der Waals surface area contributed by atoms with E-state index in [0.717, 1.165) is 33.4 Å². The van der Waals surface area contributed by atoms with Gasteiger partial charge in [0.15, 0.2) is 0 Å². The molecule has 1 aliphatic rings. The number of fused-ring (bicyclic) bond motifs is 1. The molecule has 0 saturated carbocycles. The highest BCUT2D eigenvalue weighted by molar-refractivity contribution is 7.89. The maximum Gasteiger partial charge on any atom is 0.417 e. The zero-order chi connectivity index (χ0) is 22.9. The van der Waals surface area contributed by atoms with Gasteiger partial charge >= 0.3 is 6.18 Å². The van der Waals surface area contributed by atoms with Gasteiger partial charge in [-0.3, -0.25) is 4.79 Å². The van der Waals surface area contributed by atoms with E-state index in [0.29, 0.717) is 5.82 Å². The zero-order valence-electron chi connectivity index (χ0n) is 16.8. The van der Waals surface area contributed by atoms with Crippen LogP contribution in [-0.2, 0) is 21.0 Å². The molecule has 2 heterocycles. The third kappa shape index (κ3) is 4.46. The van der Waals surface area contributed by atoms with Crippen molar-refractivity contribution >= 4 is 32.7 Å². The van der Waals surface area contributed by atoms with Crippen molar-refractivity contribution in [2.45, 2.75) is 23.9 Å². The van der Waals surface area contributed by atoms with E-state index in [1.807, 2.05) is 30.3 Å². The number of para-hydroxylation sites is 1. The van der Waals surface area contributed by atoms with Crippen molar-refractivity contribution in [2.24, 2.45) is 5.92 Å². The number of rotatable bonds is 4. The Labute approximate surface area is 183 Å². The molecule has 6 nitrogen and oxygen atoms in total.